The van der Waals surface area contributed by atoms with E-state index in [9.17, 15) is 19.2 Å². The van der Waals surface area contributed by atoms with Gasteiger partial charge in [0, 0.05) is 25.6 Å². The molecule has 4 heterocycles. The standard InChI is InChI=1S/C18H16N6O5/c1-10-3-4-11(21-7-10)24-16(27)14-15(20-6-5-19-14)17(24)29-18(28)23-8-12(25)22(2)13(26)9-23/h3-7,17H,8-9H2,1-2H3/t17-/m1/s1. The molecule has 2 aliphatic heterocycles. The lowest BCUT2D eigenvalue weighted by molar-refractivity contribution is -0.148. The number of carbonyl (C=O) groups is 4. The molecule has 0 bridgehead atoms. The molecule has 1 fully saturated rings. The quantitative estimate of drug-likeness (QED) is 0.663. The highest BCUT2D eigenvalue weighted by atomic mass is 16.6. The summed E-state index contributed by atoms with van der Waals surface area (Å²) in [7, 11) is 1.35. The first-order valence-electron chi connectivity index (χ1n) is 8.69. The number of aromatic nitrogens is 3. The van der Waals surface area contributed by atoms with E-state index in [2.05, 4.69) is 15.0 Å². The zero-order valence-electron chi connectivity index (χ0n) is 15.6. The van der Waals surface area contributed by atoms with Crippen molar-refractivity contribution in [2.24, 2.45) is 0 Å². The van der Waals surface area contributed by atoms with E-state index < -0.39 is 30.0 Å². The van der Waals surface area contributed by atoms with Crippen molar-refractivity contribution in [2.45, 2.75) is 13.2 Å². The fraction of sp³-hybridized carbons (Fsp3) is 0.278. The van der Waals surface area contributed by atoms with E-state index in [0.717, 1.165) is 15.4 Å². The average molecular weight is 396 g/mol. The van der Waals surface area contributed by atoms with E-state index in [1.54, 1.807) is 18.3 Å². The third-order valence-electron chi connectivity index (χ3n) is 4.63. The lowest BCUT2D eigenvalue weighted by Crippen LogP contribution is -2.54. The summed E-state index contributed by atoms with van der Waals surface area (Å²) >= 11 is 0. The second-order valence-electron chi connectivity index (χ2n) is 6.60. The topological polar surface area (TPSA) is 126 Å². The number of pyridine rings is 1. The molecular weight excluding hydrogens is 380 g/mol. The monoisotopic (exact) mass is 396 g/mol. The molecule has 0 radical (unpaired) electrons. The van der Waals surface area contributed by atoms with Gasteiger partial charge in [0.15, 0.2) is 5.69 Å². The molecular formula is C18H16N6O5. The Labute approximate surface area is 164 Å². The number of hydrogen-bond donors (Lipinski definition) is 0. The van der Waals surface area contributed by atoms with Gasteiger partial charge in [-0.15, -0.1) is 0 Å². The van der Waals surface area contributed by atoms with Gasteiger partial charge < -0.3 is 4.74 Å². The number of amides is 4. The Morgan fingerprint density at radius 1 is 1.07 bits per heavy atom. The second-order valence-corrected chi connectivity index (χ2v) is 6.60. The van der Waals surface area contributed by atoms with Crippen LogP contribution in [0.2, 0.25) is 0 Å². The molecule has 0 spiro atoms. The molecule has 0 unspecified atom stereocenters. The largest absolute Gasteiger partial charge is 0.419 e. The van der Waals surface area contributed by atoms with E-state index >= 15 is 0 Å². The molecule has 4 rings (SSSR count). The molecule has 0 aromatic carbocycles. The van der Waals surface area contributed by atoms with E-state index in [0.29, 0.717) is 0 Å². The minimum Gasteiger partial charge on any atom is -0.419 e. The maximum atomic E-state index is 12.9. The molecule has 0 aliphatic carbocycles. The third kappa shape index (κ3) is 3.16. The Morgan fingerprint density at radius 2 is 1.76 bits per heavy atom. The highest BCUT2D eigenvalue weighted by Crippen LogP contribution is 2.35. The average Bonchev–Trinajstić information content (AvgIpc) is 2.98. The number of anilines is 1. The van der Waals surface area contributed by atoms with Crippen molar-refractivity contribution >= 4 is 29.6 Å². The van der Waals surface area contributed by atoms with Gasteiger partial charge in [0.1, 0.15) is 24.6 Å². The number of carbonyl (C=O) groups excluding carboxylic acids is 4. The van der Waals surface area contributed by atoms with Gasteiger partial charge in [-0.05, 0) is 18.6 Å². The van der Waals surface area contributed by atoms with E-state index in [1.807, 2.05) is 6.92 Å². The zero-order chi connectivity index (χ0) is 20.7. The maximum Gasteiger partial charge on any atom is 0.412 e. The van der Waals surface area contributed by atoms with Crippen molar-refractivity contribution in [3.63, 3.8) is 0 Å². The Bertz CT molecular complexity index is 1010. The van der Waals surface area contributed by atoms with Gasteiger partial charge in [0.25, 0.3) is 5.91 Å². The highest BCUT2D eigenvalue weighted by molar-refractivity contribution is 6.08. The summed E-state index contributed by atoms with van der Waals surface area (Å²) in [6, 6.07) is 3.37. The van der Waals surface area contributed by atoms with E-state index in [-0.39, 0.29) is 30.3 Å². The van der Waals surface area contributed by atoms with Crippen molar-refractivity contribution in [1.29, 1.82) is 0 Å². The highest BCUT2D eigenvalue weighted by Gasteiger charge is 2.45. The van der Waals surface area contributed by atoms with E-state index in [4.69, 9.17) is 4.74 Å². The van der Waals surface area contributed by atoms with Gasteiger partial charge in [-0.2, -0.15) is 0 Å². The van der Waals surface area contributed by atoms with E-state index in [1.165, 1.54) is 24.3 Å². The molecule has 148 valence electrons. The van der Waals surface area contributed by atoms with Crippen LogP contribution in [0.1, 0.15) is 28.0 Å². The summed E-state index contributed by atoms with van der Waals surface area (Å²) in [4.78, 5) is 64.8. The fourth-order valence-corrected chi connectivity index (χ4v) is 3.01. The first-order valence-corrected chi connectivity index (χ1v) is 8.69. The van der Waals surface area contributed by atoms with Crippen LogP contribution in [0, 0.1) is 6.92 Å². The molecule has 4 amide bonds. The summed E-state index contributed by atoms with van der Waals surface area (Å²) in [6.07, 6.45) is 2.16. The van der Waals surface area contributed by atoms with Crippen LogP contribution in [0.4, 0.5) is 10.6 Å². The summed E-state index contributed by atoms with van der Waals surface area (Å²) in [5, 5.41) is 0. The number of piperazine rings is 1. The number of likely N-dealkylation sites (N-methyl/N-ethyl adjacent to an activating group) is 1. The number of imide groups is 1. The molecule has 11 heteroatoms. The van der Waals surface area contributed by atoms with Gasteiger partial charge in [-0.25, -0.2) is 19.7 Å². The van der Waals surface area contributed by atoms with Crippen molar-refractivity contribution in [1.82, 2.24) is 24.8 Å². The van der Waals surface area contributed by atoms with Crippen molar-refractivity contribution in [2.75, 3.05) is 25.0 Å². The number of ether oxygens (including phenoxy) is 1. The van der Waals surface area contributed by atoms with Crippen molar-refractivity contribution < 1.29 is 23.9 Å². The van der Waals surface area contributed by atoms with Crippen LogP contribution in [0.5, 0.6) is 0 Å². The molecule has 1 atom stereocenters. The van der Waals surface area contributed by atoms with Crippen LogP contribution < -0.4 is 4.90 Å². The summed E-state index contributed by atoms with van der Waals surface area (Å²) in [5.74, 6) is -1.33. The summed E-state index contributed by atoms with van der Waals surface area (Å²) in [6.45, 7) is 1.23. The molecule has 0 saturated carbocycles. The van der Waals surface area contributed by atoms with Gasteiger partial charge >= 0.3 is 6.09 Å². The molecule has 2 aromatic rings. The maximum absolute atomic E-state index is 12.9. The first-order chi connectivity index (χ1) is 13.9. The molecule has 0 N–H and O–H groups in total. The number of hydrogen-bond acceptors (Lipinski definition) is 8. The Balaban J connectivity index is 1.65. The number of fused-ring (bicyclic) bond motifs is 1. The van der Waals surface area contributed by atoms with Gasteiger partial charge in [-0.3, -0.25) is 29.2 Å². The van der Waals surface area contributed by atoms with Crippen molar-refractivity contribution in [3.05, 3.63) is 47.7 Å². The van der Waals surface area contributed by atoms with Crippen LogP contribution in [0.15, 0.2) is 30.7 Å². The number of nitrogens with zero attached hydrogens (tertiary/aromatic N) is 6. The zero-order valence-corrected chi connectivity index (χ0v) is 15.6. The Kier molecular flexibility index (Phi) is 4.41. The lowest BCUT2D eigenvalue weighted by atomic mass is 10.3. The van der Waals surface area contributed by atoms with Crippen LogP contribution in [-0.2, 0) is 14.3 Å². The van der Waals surface area contributed by atoms with Crippen LogP contribution in [-0.4, -0.2) is 68.7 Å². The van der Waals surface area contributed by atoms with Crippen LogP contribution in [0.25, 0.3) is 0 Å². The molecule has 11 nitrogen and oxygen atoms in total. The van der Waals surface area contributed by atoms with Crippen molar-refractivity contribution in [3.8, 4) is 0 Å². The molecule has 1 saturated heterocycles. The Hall–Kier alpha value is -3.89. The summed E-state index contributed by atoms with van der Waals surface area (Å²) in [5.41, 5.74) is 1.08. The minimum atomic E-state index is -1.22. The number of rotatable bonds is 2. The SMILES string of the molecule is Cc1ccc(N2C(=O)c3nccnc3[C@H]2OC(=O)N2CC(=O)N(C)C(=O)C2)nc1. The fourth-order valence-electron chi connectivity index (χ4n) is 3.01. The normalized spacial score (nSPS) is 18.9. The Morgan fingerprint density at radius 3 is 2.41 bits per heavy atom. The minimum absolute atomic E-state index is 0.0400. The molecule has 2 aromatic heterocycles. The van der Waals surface area contributed by atoms with Gasteiger partial charge in [0.2, 0.25) is 18.0 Å². The molecule has 29 heavy (non-hydrogen) atoms. The third-order valence-corrected chi connectivity index (χ3v) is 4.63. The van der Waals surface area contributed by atoms with Crippen LogP contribution >= 0.6 is 0 Å². The van der Waals surface area contributed by atoms with Gasteiger partial charge in [-0.1, -0.05) is 6.07 Å². The molecule has 2 aliphatic rings. The van der Waals surface area contributed by atoms with Crippen LogP contribution in [0.3, 0.4) is 0 Å². The summed E-state index contributed by atoms with van der Waals surface area (Å²) < 4.78 is 5.50. The predicted octanol–water partition coefficient (Wildman–Crippen LogP) is 0.276. The lowest BCUT2D eigenvalue weighted by Gasteiger charge is -2.31. The first kappa shape index (κ1) is 18.5. The number of aryl methyl sites for hydroxylation is 1. The van der Waals surface area contributed by atoms with Gasteiger partial charge in [0.05, 0.1) is 0 Å². The smallest absolute Gasteiger partial charge is 0.412 e. The predicted molar refractivity (Wildman–Crippen MR) is 96.4 cm³/mol. The second kappa shape index (κ2) is 6.93.